The Morgan fingerprint density at radius 3 is 2.61 bits per heavy atom. The van der Waals surface area contributed by atoms with Crippen molar-refractivity contribution in [3.05, 3.63) is 35.9 Å². The molecule has 100 valence electrons. The van der Waals surface area contributed by atoms with E-state index in [0.717, 1.165) is 31.4 Å². The minimum Gasteiger partial charge on any atom is -0.385 e. The van der Waals surface area contributed by atoms with Crippen molar-refractivity contribution in [2.75, 3.05) is 6.61 Å². The molecule has 4 nitrogen and oxygen atoms in total. The van der Waals surface area contributed by atoms with Gasteiger partial charge in [-0.3, -0.25) is 5.41 Å². The molecule has 18 heavy (non-hydrogen) atoms. The van der Waals surface area contributed by atoms with E-state index in [9.17, 15) is 0 Å². The van der Waals surface area contributed by atoms with Crippen molar-refractivity contribution in [3.63, 3.8) is 0 Å². The van der Waals surface area contributed by atoms with Crippen LogP contribution in [-0.4, -0.2) is 18.7 Å². The van der Waals surface area contributed by atoms with Gasteiger partial charge < -0.3 is 15.2 Å². The van der Waals surface area contributed by atoms with E-state index in [1.54, 1.807) is 0 Å². The summed E-state index contributed by atoms with van der Waals surface area (Å²) in [6.45, 7) is 0.726. The van der Waals surface area contributed by atoms with Gasteiger partial charge in [0.05, 0.1) is 0 Å². The number of hydrogen-bond acceptors (Lipinski definition) is 3. The minimum absolute atomic E-state index is 0. The van der Waals surface area contributed by atoms with Crippen LogP contribution in [-0.2, 0) is 9.47 Å². The Kier molecular flexibility index (Phi) is 6.12. The molecule has 0 aromatic heterocycles. The summed E-state index contributed by atoms with van der Waals surface area (Å²) in [4.78, 5) is 0. The van der Waals surface area contributed by atoms with Gasteiger partial charge in [0.2, 0.25) is 0 Å². The highest BCUT2D eigenvalue weighted by atomic mass is 35.5. The quantitative estimate of drug-likeness (QED) is 0.653. The molecule has 1 aromatic carbocycles. The molecule has 1 heterocycles. The molecule has 0 radical (unpaired) electrons. The predicted octanol–water partition coefficient (Wildman–Crippen LogP) is 2.63. The average Bonchev–Trinajstić information content (AvgIpc) is 2.38. The molecule has 1 aliphatic heterocycles. The third kappa shape index (κ3) is 3.98. The van der Waals surface area contributed by atoms with Crippen LogP contribution in [0, 0.1) is 5.41 Å². The van der Waals surface area contributed by atoms with Crippen molar-refractivity contribution < 1.29 is 9.47 Å². The summed E-state index contributed by atoms with van der Waals surface area (Å²) >= 11 is 0. The van der Waals surface area contributed by atoms with Gasteiger partial charge in [0.1, 0.15) is 11.9 Å². The zero-order chi connectivity index (χ0) is 12.1. The van der Waals surface area contributed by atoms with Crippen LogP contribution < -0.4 is 5.73 Å². The van der Waals surface area contributed by atoms with Crippen LogP contribution in [0.1, 0.15) is 30.9 Å². The number of nitrogens with two attached hydrogens (primary N) is 1. The van der Waals surface area contributed by atoms with Crippen LogP contribution in [0.15, 0.2) is 30.3 Å². The third-order valence-electron chi connectivity index (χ3n) is 2.81. The van der Waals surface area contributed by atoms with Gasteiger partial charge in [-0.1, -0.05) is 30.3 Å². The molecular weight excluding hydrogens is 252 g/mol. The highest BCUT2D eigenvalue weighted by Gasteiger charge is 2.22. The molecule has 0 saturated carbocycles. The number of halogens is 1. The van der Waals surface area contributed by atoms with Crippen molar-refractivity contribution in [1.82, 2.24) is 0 Å². The number of amidine groups is 1. The van der Waals surface area contributed by atoms with Gasteiger partial charge in [0.15, 0.2) is 6.29 Å². The lowest BCUT2D eigenvalue weighted by atomic mass is 10.1. The van der Waals surface area contributed by atoms with Crippen LogP contribution in [0.3, 0.4) is 0 Å². The summed E-state index contributed by atoms with van der Waals surface area (Å²) in [5, 5.41) is 7.60. The predicted molar refractivity (Wildman–Crippen MR) is 73.0 cm³/mol. The Labute approximate surface area is 113 Å². The highest BCUT2D eigenvalue weighted by molar-refractivity contribution is 5.85. The number of rotatable bonds is 4. The van der Waals surface area contributed by atoms with Gasteiger partial charge >= 0.3 is 0 Å². The second-order valence-corrected chi connectivity index (χ2v) is 4.18. The Morgan fingerprint density at radius 1 is 1.33 bits per heavy atom. The summed E-state index contributed by atoms with van der Waals surface area (Å²) in [6.07, 6.45) is 2.31. The molecule has 2 rings (SSSR count). The SMILES string of the molecule is Cl.N=C(N)C(OC1CCCCO1)c1ccccc1. The maximum Gasteiger partial charge on any atom is 0.159 e. The molecule has 0 bridgehead atoms. The fraction of sp³-hybridized carbons (Fsp3) is 0.462. The summed E-state index contributed by atoms with van der Waals surface area (Å²) in [5.74, 6) is 0.0189. The van der Waals surface area contributed by atoms with Gasteiger partial charge in [-0.2, -0.15) is 0 Å². The molecule has 1 saturated heterocycles. The molecule has 2 atom stereocenters. The largest absolute Gasteiger partial charge is 0.385 e. The molecule has 3 N–H and O–H groups in total. The van der Waals surface area contributed by atoms with Gasteiger partial charge in [0, 0.05) is 6.61 Å². The zero-order valence-electron chi connectivity index (χ0n) is 10.2. The molecule has 2 unspecified atom stereocenters. The second-order valence-electron chi connectivity index (χ2n) is 4.18. The first-order valence-corrected chi connectivity index (χ1v) is 5.93. The van der Waals surface area contributed by atoms with Gasteiger partial charge in [-0.25, -0.2) is 0 Å². The number of benzene rings is 1. The first kappa shape index (κ1) is 15.0. The van der Waals surface area contributed by atoms with Gasteiger partial charge in [-0.15, -0.1) is 12.4 Å². The van der Waals surface area contributed by atoms with E-state index in [2.05, 4.69) is 0 Å². The van der Waals surface area contributed by atoms with E-state index in [1.165, 1.54) is 0 Å². The molecular formula is C13H19ClN2O2. The Hall–Kier alpha value is -1.10. The fourth-order valence-electron chi connectivity index (χ4n) is 1.93. The second kappa shape index (κ2) is 7.36. The molecule has 0 spiro atoms. The number of ether oxygens (including phenoxy) is 2. The van der Waals surface area contributed by atoms with Crippen molar-refractivity contribution in [3.8, 4) is 0 Å². The van der Waals surface area contributed by atoms with Crippen LogP contribution >= 0.6 is 12.4 Å². The zero-order valence-corrected chi connectivity index (χ0v) is 11.0. The summed E-state index contributed by atoms with van der Waals surface area (Å²) in [5.41, 5.74) is 6.49. The normalized spacial score (nSPS) is 20.8. The fourth-order valence-corrected chi connectivity index (χ4v) is 1.93. The van der Waals surface area contributed by atoms with E-state index < -0.39 is 6.10 Å². The molecule has 1 fully saturated rings. The van der Waals surface area contributed by atoms with E-state index in [4.69, 9.17) is 20.6 Å². The molecule has 5 heteroatoms. The Balaban J connectivity index is 0.00000162. The number of hydrogen-bond donors (Lipinski definition) is 2. The van der Waals surface area contributed by atoms with Crippen molar-refractivity contribution in [1.29, 1.82) is 5.41 Å². The number of nitrogens with one attached hydrogen (secondary N) is 1. The first-order valence-electron chi connectivity index (χ1n) is 5.93. The van der Waals surface area contributed by atoms with Crippen LogP contribution in [0.4, 0.5) is 0 Å². The lowest BCUT2D eigenvalue weighted by Gasteiger charge is -2.27. The standard InChI is InChI=1S/C13H18N2O2.ClH/c14-13(15)12(10-6-2-1-3-7-10)17-11-8-4-5-9-16-11;/h1-3,6-7,11-12H,4-5,8-9H2,(H3,14,15);1H. The Bertz CT molecular complexity index is 367. The summed E-state index contributed by atoms with van der Waals surface area (Å²) in [6, 6.07) is 9.58. The highest BCUT2D eigenvalue weighted by Crippen LogP contribution is 2.23. The summed E-state index contributed by atoms with van der Waals surface area (Å²) < 4.78 is 11.3. The van der Waals surface area contributed by atoms with Crippen LogP contribution in [0.25, 0.3) is 0 Å². The maximum absolute atomic E-state index is 7.60. The molecule has 1 aliphatic rings. The smallest absolute Gasteiger partial charge is 0.159 e. The van der Waals surface area contributed by atoms with Gasteiger partial charge in [-0.05, 0) is 24.8 Å². The lowest BCUT2D eigenvalue weighted by molar-refractivity contribution is -0.176. The van der Waals surface area contributed by atoms with Gasteiger partial charge in [0.25, 0.3) is 0 Å². The third-order valence-corrected chi connectivity index (χ3v) is 2.81. The maximum atomic E-state index is 7.60. The summed E-state index contributed by atoms with van der Waals surface area (Å²) in [7, 11) is 0. The van der Waals surface area contributed by atoms with Crippen LogP contribution in [0.5, 0.6) is 0 Å². The monoisotopic (exact) mass is 270 g/mol. The molecule has 0 amide bonds. The van der Waals surface area contributed by atoms with Crippen molar-refractivity contribution in [2.45, 2.75) is 31.7 Å². The first-order chi connectivity index (χ1) is 8.27. The van der Waals surface area contributed by atoms with Crippen molar-refractivity contribution >= 4 is 18.2 Å². The Morgan fingerprint density at radius 2 is 2.06 bits per heavy atom. The van der Waals surface area contributed by atoms with E-state index >= 15 is 0 Å². The topological polar surface area (TPSA) is 68.3 Å². The molecule has 0 aliphatic carbocycles. The van der Waals surface area contributed by atoms with Crippen molar-refractivity contribution in [2.24, 2.45) is 5.73 Å². The average molecular weight is 271 g/mol. The molecule has 1 aromatic rings. The van der Waals surface area contributed by atoms with Crippen LogP contribution in [0.2, 0.25) is 0 Å². The van der Waals surface area contributed by atoms with E-state index in [0.29, 0.717) is 0 Å². The minimum atomic E-state index is -0.501. The van der Waals surface area contributed by atoms with E-state index in [1.807, 2.05) is 30.3 Å². The lowest BCUT2D eigenvalue weighted by Crippen LogP contribution is -2.30. The van der Waals surface area contributed by atoms with E-state index in [-0.39, 0.29) is 24.5 Å².